The highest BCUT2D eigenvalue weighted by atomic mass is 16.4. The summed E-state index contributed by atoms with van der Waals surface area (Å²) in [5, 5.41) is 15.9. The Labute approximate surface area is 148 Å². The van der Waals surface area contributed by atoms with E-state index < -0.39 is 12.0 Å². The molecule has 3 aromatic heterocycles. The Kier molecular flexibility index (Phi) is 4.05. The van der Waals surface area contributed by atoms with E-state index in [0.717, 1.165) is 16.7 Å². The predicted octanol–water partition coefficient (Wildman–Crippen LogP) is 0.497. The third-order valence-corrected chi connectivity index (χ3v) is 4.44. The van der Waals surface area contributed by atoms with Crippen LogP contribution in [0.25, 0.3) is 11.1 Å². The van der Waals surface area contributed by atoms with E-state index >= 15 is 0 Å². The number of carboxylic acid groups (broad SMARTS) is 1. The third-order valence-electron chi connectivity index (χ3n) is 4.44. The second kappa shape index (κ2) is 6.52. The van der Waals surface area contributed by atoms with Crippen LogP contribution in [0.15, 0.2) is 47.8 Å². The number of hydrogen-bond acceptors (Lipinski definition) is 6. The van der Waals surface area contributed by atoms with Crippen LogP contribution in [0, 0.1) is 0 Å². The molecule has 9 nitrogen and oxygen atoms in total. The first kappa shape index (κ1) is 16.2. The Bertz CT molecular complexity index is 997. The van der Waals surface area contributed by atoms with Gasteiger partial charge in [-0.05, 0) is 17.7 Å². The fourth-order valence-corrected chi connectivity index (χ4v) is 3.14. The summed E-state index contributed by atoms with van der Waals surface area (Å²) in [7, 11) is 0. The van der Waals surface area contributed by atoms with Crippen LogP contribution in [0.5, 0.6) is 0 Å². The van der Waals surface area contributed by atoms with Gasteiger partial charge in [-0.2, -0.15) is 5.10 Å². The summed E-state index contributed by atoms with van der Waals surface area (Å²) in [4.78, 5) is 33.5. The number of nitrogens with zero attached hydrogens (tertiary/aromatic N) is 5. The first-order valence-electron chi connectivity index (χ1n) is 8.07. The van der Waals surface area contributed by atoms with E-state index in [0.29, 0.717) is 12.4 Å². The van der Waals surface area contributed by atoms with Gasteiger partial charge in [0.05, 0.1) is 13.1 Å². The van der Waals surface area contributed by atoms with Crippen molar-refractivity contribution >= 4 is 5.97 Å². The van der Waals surface area contributed by atoms with E-state index in [-0.39, 0.29) is 18.8 Å². The second-order valence-corrected chi connectivity index (χ2v) is 6.14. The maximum atomic E-state index is 11.7. The highest BCUT2D eigenvalue weighted by molar-refractivity contribution is 5.73. The van der Waals surface area contributed by atoms with E-state index in [1.807, 2.05) is 18.2 Å². The second-order valence-electron chi connectivity index (χ2n) is 6.14. The van der Waals surface area contributed by atoms with Crippen molar-refractivity contribution in [3.05, 3.63) is 64.9 Å². The number of aliphatic carboxylic acids is 1. The minimum Gasteiger partial charge on any atom is -0.480 e. The van der Waals surface area contributed by atoms with Crippen molar-refractivity contribution in [2.75, 3.05) is 0 Å². The Morgan fingerprint density at radius 1 is 1.27 bits per heavy atom. The number of pyridine rings is 2. The van der Waals surface area contributed by atoms with Gasteiger partial charge in [-0.3, -0.25) is 24.2 Å². The summed E-state index contributed by atoms with van der Waals surface area (Å²) in [6.07, 6.45) is 6.92. The normalized spacial score (nSPS) is 17.0. The molecule has 132 valence electrons. The average molecular weight is 352 g/mol. The molecule has 0 aliphatic carbocycles. The maximum Gasteiger partial charge on any atom is 0.343 e. The molecule has 0 aromatic carbocycles. The smallest absolute Gasteiger partial charge is 0.343 e. The van der Waals surface area contributed by atoms with Crippen LogP contribution in [0.1, 0.15) is 11.4 Å². The zero-order valence-electron chi connectivity index (χ0n) is 13.7. The third kappa shape index (κ3) is 3.00. The van der Waals surface area contributed by atoms with Gasteiger partial charge in [0.15, 0.2) is 0 Å². The highest BCUT2D eigenvalue weighted by Gasteiger charge is 2.33. The molecule has 1 aliphatic heterocycles. The molecule has 0 radical (unpaired) electrons. The lowest BCUT2D eigenvalue weighted by Crippen LogP contribution is -2.49. The number of nitrogens with one attached hydrogen (secondary N) is 1. The van der Waals surface area contributed by atoms with Crippen molar-refractivity contribution in [3.8, 4) is 11.1 Å². The zero-order valence-corrected chi connectivity index (χ0v) is 13.7. The van der Waals surface area contributed by atoms with Gasteiger partial charge in [-0.15, -0.1) is 0 Å². The van der Waals surface area contributed by atoms with Gasteiger partial charge in [0.1, 0.15) is 11.9 Å². The number of fused-ring (bicyclic) bond motifs is 1. The monoisotopic (exact) mass is 352 g/mol. The molecule has 0 saturated carbocycles. The zero-order chi connectivity index (χ0) is 18.1. The van der Waals surface area contributed by atoms with Crippen molar-refractivity contribution in [2.24, 2.45) is 0 Å². The Morgan fingerprint density at radius 2 is 2.12 bits per heavy atom. The number of rotatable bonds is 4. The van der Waals surface area contributed by atoms with E-state index in [1.165, 1.54) is 4.57 Å². The molecule has 3 aromatic rings. The molecule has 4 rings (SSSR count). The molecule has 1 unspecified atom stereocenters. The van der Waals surface area contributed by atoms with Crippen molar-refractivity contribution in [1.82, 2.24) is 29.6 Å². The summed E-state index contributed by atoms with van der Waals surface area (Å²) in [6, 6.07) is 4.95. The molecular weight excluding hydrogens is 336 g/mol. The fourth-order valence-electron chi connectivity index (χ4n) is 3.14. The number of carbonyl (C=O) groups is 1. The molecule has 9 heteroatoms. The van der Waals surface area contributed by atoms with Crippen LogP contribution in [0.4, 0.5) is 0 Å². The van der Waals surface area contributed by atoms with Gasteiger partial charge in [-0.1, -0.05) is 6.07 Å². The lowest BCUT2D eigenvalue weighted by molar-refractivity contribution is -0.145. The topological polar surface area (TPSA) is 117 Å². The van der Waals surface area contributed by atoms with Crippen LogP contribution in [0.2, 0.25) is 0 Å². The van der Waals surface area contributed by atoms with Crippen molar-refractivity contribution in [1.29, 1.82) is 0 Å². The summed E-state index contributed by atoms with van der Waals surface area (Å²) < 4.78 is 1.37. The quantitative estimate of drug-likeness (QED) is 0.702. The average Bonchev–Trinajstić information content (AvgIpc) is 3.02. The summed E-state index contributed by atoms with van der Waals surface area (Å²) in [6.45, 7) is 0.724. The van der Waals surface area contributed by atoms with Gasteiger partial charge < -0.3 is 5.11 Å². The lowest BCUT2D eigenvalue weighted by Gasteiger charge is -2.32. The number of carboxylic acids is 1. The van der Waals surface area contributed by atoms with Crippen LogP contribution < -0.4 is 5.69 Å². The fraction of sp³-hybridized carbons (Fsp3) is 0.235. The highest BCUT2D eigenvalue weighted by Crippen LogP contribution is 2.21. The molecular formula is C17H16N6O3. The molecule has 1 aliphatic rings. The number of aromatic amines is 1. The predicted molar refractivity (Wildman–Crippen MR) is 91.0 cm³/mol. The Hall–Kier alpha value is -3.33. The van der Waals surface area contributed by atoms with E-state index in [4.69, 9.17) is 0 Å². The van der Waals surface area contributed by atoms with Gasteiger partial charge in [0.25, 0.3) is 0 Å². The van der Waals surface area contributed by atoms with Gasteiger partial charge in [-0.25, -0.2) is 9.89 Å². The van der Waals surface area contributed by atoms with Gasteiger partial charge >= 0.3 is 11.7 Å². The summed E-state index contributed by atoms with van der Waals surface area (Å²) in [5.41, 5.74) is 2.35. The first-order valence-corrected chi connectivity index (χ1v) is 8.07. The maximum absolute atomic E-state index is 11.7. The Morgan fingerprint density at radius 3 is 2.88 bits per heavy atom. The SMILES string of the molecule is O=C(O)C1Cn2c(n[nH]c2=O)CN1Cc1cncc(-c2cccnc2)c1. The molecule has 0 fully saturated rings. The molecule has 0 amide bonds. The standard InChI is InChI=1S/C17H16N6O3/c24-16(25)14-9-23-15(20-21-17(23)26)10-22(14)8-11-4-13(7-19-5-11)12-2-1-3-18-6-12/h1-7,14H,8-10H2,(H,21,26)(H,24,25). The van der Waals surface area contributed by atoms with Gasteiger partial charge in [0.2, 0.25) is 0 Å². The molecule has 4 heterocycles. The summed E-state index contributed by atoms with van der Waals surface area (Å²) in [5.74, 6) is -0.441. The van der Waals surface area contributed by atoms with Gasteiger partial charge in [0, 0.05) is 42.5 Å². The van der Waals surface area contributed by atoms with Crippen molar-refractivity contribution in [3.63, 3.8) is 0 Å². The molecule has 0 saturated heterocycles. The van der Waals surface area contributed by atoms with Crippen LogP contribution in [-0.4, -0.2) is 46.8 Å². The number of hydrogen-bond donors (Lipinski definition) is 2. The van der Waals surface area contributed by atoms with Crippen LogP contribution >= 0.6 is 0 Å². The largest absolute Gasteiger partial charge is 0.480 e. The van der Waals surface area contributed by atoms with E-state index in [9.17, 15) is 14.7 Å². The molecule has 26 heavy (non-hydrogen) atoms. The first-order chi connectivity index (χ1) is 12.6. The number of H-pyrrole nitrogens is 1. The Balaban J connectivity index is 1.62. The van der Waals surface area contributed by atoms with Crippen molar-refractivity contribution in [2.45, 2.75) is 25.7 Å². The minimum absolute atomic E-state index is 0.0652. The number of aromatic nitrogens is 5. The molecule has 1 atom stereocenters. The summed E-state index contributed by atoms with van der Waals surface area (Å²) >= 11 is 0. The minimum atomic E-state index is -0.972. The van der Waals surface area contributed by atoms with E-state index in [2.05, 4.69) is 20.2 Å². The molecule has 2 N–H and O–H groups in total. The molecule has 0 bridgehead atoms. The van der Waals surface area contributed by atoms with Crippen molar-refractivity contribution < 1.29 is 9.90 Å². The van der Waals surface area contributed by atoms with E-state index in [1.54, 1.807) is 29.7 Å². The van der Waals surface area contributed by atoms with Crippen LogP contribution in [-0.2, 0) is 24.4 Å². The lowest BCUT2D eigenvalue weighted by atomic mass is 10.1. The molecule has 0 spiro atoms. The van der Waals surface area contributed by atoms with Crippen LogP contribution in [0.3, 0.4) is 0 Å².